The quantitative estimate of drug-likeness (QED) is 0.538. The maximum absolute atomic E-state index is 12.6. The summed E-state index contributed by atoms with van der Waals surface area (Å²) in [6, 6.07) is 4.18. The Morgan fingerprint density at radius 1 is 1.16 bits per heavy atom. The largest absolute Gasteiger partial charge is 0.375 e. The van der Waals surface area contributed by atoms with E-state index in [0.717, 1.165) is 69.5 Å². The molecule has 1 N–H and O–H groups in total. The van der Waals surface area contributed by atoms with Crippen molar-refractivity contribution in [1.29, 1.82) is 0 Å². The van der Waals surface area contributed by atoms with Crippen molar-refractivity contribution in [2.45, 2.75) is 45.4 Å². The van der Waals surface area contributed by atoms with Gasteiger partial charge in [-0.25, -0.2) is 9.98 Å². The van der Waals surface area contributed by atoms with Gasteiger partial charge in [0.15, 0.2) is 5.96 Å². The number of nitrogens with zero attached hydrogens (tertiary/aromatic N) is 5. The lowest BCUT2D eigenvalue weighted by Gasteiger charge is -2.37. The van der Waals surface area contributed by atoms with Crippen LogP contribution in [-0.2, 0) is 20.8 Å². The van der Waals surface area contributed by atoms with Crippen LogP contribution in [-0.4, -0.2) is 97.9 Å². The zero-order valence-corrected chi connectivity index (χ0v) is 19.3. The smallest absolute Gasteiger partial charge is 0.251 e. The van der Waals surface area contributed by atoms with Crippen LogP contribution in [0.2, 0.25) is 0 Å². The molecular weight excluding hydrogens is 408 g/mol. The molecule has 176 valence electrons. The first-order valence-corrected chi connectivity index (χ1v) is 11.9. The van der Waals surface area contributed by atoms with Crippen molar-refractivity contribution in [1.82, 2.24) is 20.1 Å². The van der Waals surface area contributed by atoms with Crippen molar-refractivity contribution in [3.8, 4) is 0 Å². The number of hydrogen-bond donors (Lipinski definition) is 1. The van der Waals surface area contributed by atoms with Crippen molar-refractivity contribution in [2.24, 2.45) is 4.99 Å². The highest BCUT2D eigenvalue weighted by Crippen LogP contribution is 2.17. The molecule has 4 rings (SSSR count). The third-order valence-corrected chi connectivity index (χ3v) is 6.22. The van der Waals surface area contributed by atoms with Crippen LogP contribution in [0.25, 0.3) is 0 Å². The first kappa shape index (κ1) is 22.8. The minimum absolute atomic E-state index is 0.143. The Hall–Kier alpha value is -2.39. The summed E-state index contributed by atoms with van der Waals surface area (Å²) in [5.74, 6) is 2.03. The zero-order chi connectivity index (χ0) is 22.3. The van der Waals surface area contributed by atoms with Gasteiger partial charge in [-0.1, -0.05) is 6.07 Å². The predicted octanol–water partition coefficient (Wildman–Crippen LogP) is 1.10. The zero-order valence-electron chi connectivity index (χ0n) is 19.3. The van der Waals surface area contributed by atoms with Gasteiger partial charge in [0.1, 0.15) is 11.9 Å². The number of ether oxygens (including phenoxy) is 2. The summed E-state index contributed by atoms with van der Waals surface area (Å²) in [5, 5.41) is 3.39. The number of hydrogen-bond acceptors (Lipinski definition) is 6. The monoisotopic (exact) mass is 444 g/mol. The van der Waals surface area contributed by atoms with E-state index in [1.165, 1.54) is 0 Å². The van der Waals surface area contributed by atoms with Crippen LogP contribution >= 0.6 is 0 Å². The summed E-state index contributed by atoms with van der Waals surface area (Å²) < 4.78 is 11.2. The number of carbonyl (C=O) groups excluding carboxylic acids is 1. The Bertz CT molecular complexity index is 772. The number of piperazine rings is 1. The number of pyridine rings is 1. The fourth-order valence-corrected chi connectivity index (χ4v) is 4.43. The van der Waals surface area contributed by atoms with Crippen LogP contribution in [0, 0.1) is 0 Å². The molecule has 9 heteroatoms. The standard InChI is InChI=1S/C23H36N6O3/c1-3-24-23(28-10-8-27(9-11-28)22(30)20-5-4-13-32-20)26-16-19-6-7-21(25-15-19)29-12-14-31-18(2)17-29/h6-7,15,18,20H,3-5,8-14,16-17H2,1-2H3,(H,24,26). The average Bonchev–Trinajstić information content (AvgIpc) is 3.37. The van der Waals surface area contributed by atoms with Gasteiger partial charge in [-0.3, -0.25) is 4.79 Å². The number of guanidine groups is 1. The Kier molecular flexibility index (Phi) is 7.81. The predicted molar refractivity (Wildman–Crippen MR) is 124 cm³/mol. The van der Waals surface area contributed by atoms with Gasteiger partial charge in [0.25, 0.3) is 5.91 Å². The Morgan fingerprint density at radius 2 is 1.97 bits per heavy atom. The number of morpholine rings is 1. The van der Waals surface area contributed by atoms with Crippen molar-refractivity contribution in [3.63, 3.8) is 0 Å². The van der Waals surface area contributed by atoms with Crippen LogP contribution in [0.4, 0.5) is 5.82 Å². The molecule has 1 aromatic rings. The number of anilines is 1. The van der Waals surface area contributed by atoms with Gasteiger partial charge < -0.3 is 29.5 Å². The summed E-state index contributed by atoms with van der Waals surface area (Å²) in [7, 11) is 0. The number of amides is 1. The van der Waals surface area contributed by atoms with Gasteiger partial charge in [-0.15, -0.1) is 0 Å². The highest BCUT2D eigenvalue weighted by molar-refractivity contribution is 5.82. The lowest BCUT2D eigenvalue weighted by Crippen LogP contribution is -2.55. The van der Waals surface area contributed by atoms with Crippen LogP contribution in [0.5, 0.6) is 0 Å². The molecule has 9 nitrogen and oxygen atoms in total. The summed E-state index contributed by atoms with van der Waals surface area (Å²) in [6.07, 6.45) is 3.74. The minimum atomic E-state index is -0.236. The number of rotatable bonds is 5. The van der Waals surface area contributed by atoms with E-state index in [1.54, 1.807) is 0 Å². The average molecular weight is 445 g/mol. The van der Waals surface area contributed by atoms with Crippen molar-refractivity contribution in [3.05, 3.63) is 23.9 Å². The molecule has 0 saturated carbocycles. The molecule has 0 aromatic carbocycles. The number of aromatic nitrogens is 1. The van der Waals surface area contributed by atoms with E-state index < -0.39 is 0 Å². The molecule has 3 aliphatic rings. The van der Waals surface area contributed by atoms with Crippen molar-refractivity contribution < 1.29 is 14.3 Å². The highest BCUT2D eigenvalue weighted by atomic mass is 16.5. The first-order valence-electron chi connectivity index (χ1n) is 11.9. The molecule has 0 spiro atoms. The fourth-order valence-electron chi connectivity index (χ4n) is 4.43. The number of carbonyl (C=O) groups is 1. The van der Waals surface area contributed by atoms with E-state index >= 15 is 0 Å². The lowest BCUT2D eigenvalue weighted by atomic mass is 10.2. The van der Waals surface area contributed by atoms with Gasteiger partial charge in [0.2, 0.25) is 0 Å². The minimum Gasteiger partial charge on any atom is -0.375 e. The SMILES string of the molecule is CCNC(=NCc1ccc(N2CCOC(C)C2)nc1)N1CCN(C(=O)C2CCCO2)CC1. The van der Waals surface area contributed by atoms with Crippen LogP contribution in [0.3, 0.4) is 0 Å². The summed E-state index contributed by atoms with van der Waals surface area (Å²) in [4.78, 5) is 28.5. The normalized spacial score (nSPS) is 24.7. The van der Waals surface area contributed by atoms with Crippen LogP contribution < -0.4 is 10.2 Å². The van der Waals surface area contributed by atoms with Crippen LogP contribution in [0.15, 0.2) is 23.3 Å². The van der Waals surface area contributed by atoms with E-state index in [9.17, 15) is 4.79 Å². The Labute approximate surface area is 190 Å². The second kappa shape index (κ2) is 11.0. The maximum Gasteiger partial charge on any atom is 0.251 e. The lowest BCUT2D eigenvalue weighted by molar-refractivity contribution is -0.142. The van der Waals surface area contributed by atoms with Crippen molar-refractivity contribution >= 4 is 17.7 Å². The van der Waals surface area contributed by atoms with E-state index in [0.29, 0.717) is 26.2 Å². The van der Waals surface area contributed by atoms with E-state index in [2.05, 4.69) is 46.1 Å². The first-order chi connectivity index (χ1) is 15.6. The Morgan fingerprint density at radius 3 is 2.62 bits per heavy atom. The molecule has 0 aliphatic carbocycles. The molecule has 0 radical (unpaired) electrons. The highest BCUT2D eigenvalue weighted by Gasteiger charge is 2.30. The molecule has 3 aliphatic heterocycles. The second-order valence-corrected chi connectivity index (χ2v) is 8.64. The molecule has 1 aromatic heterocycles. The molecule has 1 amide bonds. The third kappa shape index (κ3) is 5.69. The maximum atomic E-state index is 12.6. The third-order valence-electron chi connectivity index (χ3n) is 6.22. The number of aliphatic imine (C=N–C) groups is 1. The molecule has 32 heavy (non-hydrogen) atoms. The van der Waals surface area contributed by atoms with Crippen LogP contribution in [0.1, 0.15) is 32.3 Å². The molecule has 2 unspecified atom stereocenters. The molecular formula is C23H36N6O3. The number of nitrogens with one attached hydrogen (secondary N) is 1. The van der Waals surface area contributed by atoms with Gasteiger partial charge in [-0.05, 0) is 38.3 Å². The topological polar surface area (TPSA) is 82.5 Å². The summed E-state index contributed by atoms with van der Waals surface area (Å²) in [6.45, 7) is 11.7. The van der Waals surface area contributed by atoms with Crippen molar-refractivity contribution in [2.75, 3.05) is 63.9 Å². The summed E-state index contributed by atoms with van der Waals surface area (Å²) >= 11 is 0. The fraction of sp³-hybridized carbons (Fsp3) is 0.696. The van der Waals surface area contributed by atoms with Gasteiger partial charge in [0, 0.05) is 58.6 Å². The van der Waals surface area contributed by atoms with E-state index in [-0.39, 0.29) is 18.1 Å². The van der Waals surface area contributed by atoms with Gasteiger partial charge >= 0.3 is 0 Å². The molecule has 2 atom stereocenters. The van der Waals surface area contributed by atoms with E-state index in [4.69, 9.17) is 14.5 Å². The summed E-state index contributed by atoms with van der Waals surface area (Å²) in [5.41, 5.74) is 1.08. The van der Waals surface area contributed by atoms with E-state index in [1.807, 2.05) is 11.1 Å². The van der Waals surface area contributed by atoms with Gasteiger partial charge in [-0.2, -0.15) is 0 Å². The molecule has 4 heterocycles. The Balaban J connectivity index is 1.31. The van der Waals surface area contributed by atoms with Gasteiger partial charge in [0.05, 0.1) is 19.3 Å². The molecule has 3 fully saturated rings. The molecule has 3 saturated heterocycles. The second-order valence-electron chi connectivity index (χ2n) is 8.64. The molecule has 0 bridgehead atoms.